The summed E-state index contributed by atoms with van der Waals surface area (Å²) in [6.07, 6.45) is -1.08. The van der Waals surface area contributed by atoms with Gasteiger partial charge in [-0.1, -0.05) is 32.9 Å². The smallest absolute Gasteiger partial charge is 0.338 e. The van der Waals surface area contributed by atoms with Crippen LogP contribution in [0.1, 0.15) is 41.5 Å². The molecular formula is C15H20O5. The summed E-state index contributed by atoms with van der Waals surface area (Å²) in [5.74, 6) is -0.611. The number of ether oxygens (including phenoxy) is 1. The molecule has 2 N–H and O–H groups in total. The number of rotatable bonds is 5. The molecule has 0 aliphatic carbocycles. The largest absolute Gasteiger partial charge is 0.459 e. The second-order valence-electron chi connectivity index (χ2n) is 5.59. The SMILES string of the molecule is CC(C)(C)C(=O)c1ccc(C(=O)OC[C@H](O)CO)cc1. The Labute approximate surface area is 118 Å². The highest BCUT2D eigenvalue weighted by Gasteiger charge is 2.23. The first-order valence-corrected chi connectivity index (χ1v) is 6.36. The van der Waals surface area contributed by atoms with E-state index in [4.69, 9.17) is 14.9 Å². The minimum Gasteiger partial charge on any atom is -0.459 e. The molecule has 0 radical (unpaired) electrons. The number of benzene rings is 1. The van der Waals surface area contributed by atoms with Gasteiger partial charge in [0.05, 0.1) is 12.2 Å². The minimum atomic E-state index is -1.08. The molecule has 5 nitrogen and oxygen atoms in total. The van der Waals surface area contributed by atoms with Crippen LogP contribution in [0, 0.1) is 5.41 Å². The van der Waals surface area contributed by atoms with Gasteiger partial charge in [-0.2, -0.15) is 0 Å². The number of esters is 1. The van der Waals surface area contributed by atoms with Crippen molar-refractivity contribution in [2.45, 2.75) is 26.9 Å². The van der Waals surface area contributed by atoms with Crippen LogP contribution in [0.25, 0.3) is 0 Å². The molecule has 0 saturated heterocycles. The molecule has 0 spiro atoms. The summed E-state index contributed by atoms with van der Waals surface area (Å²) in [5, 5.41) is 17.7. The molecule has 0 heterocycles. The van der Waals surface area contributed by atoms with Crippen LogP contribution in [0.5, 0.6) is 0 Å². The van der Waals surface area contributed by atoms with E-state index in [1.54, 1.807) is 12.1 Å². The van der Waals surface area contributed by atoms with E-state index in [2.05, 4.69) is 0 Å². The fourth-order valence-corrected chi connectivity index (χ4v) is 1.50. The van der Waals surface area contributed by atoms with Gasteiger partial charge in [-0.3, -0.25) is 4.79 Å². The van der Waals surface area contributed by atoms with E-state index in [0.29, 0.717) is 11.1 Å². The van der Waals surface area contributed by atoms with Gasteiger partial charge in [-0.15, -0.1) is 0 Å². The Morgan fingerprint density at radius 2 is 1.65 bits per heavy atom. The Hall–Kier alpha value is -1.72. The molecule has 110 valence electrons. The number of hydrogen-bond acceptors (Lipinski definition) is 5. The van der Waals surface area contributed by atoms with E-state index >= 15 is 0 Å². The summed E-state index contributed by atoms with van der Waals surface area (Å²) < 4.78 is 4.81. The molecule has 0 unspecified atom stereocenters. The quantitative estimate of drug-likeness (QED) is 0.629. The maximum Gasteiger partial charge on any atom is 0.338 e. The molecule has 0 fully saturated rings. The molecule has 0 aliphatic heterocycles. The van der Waals surface area contributed by atoms with E-state index in [0.717, 1.165) is 0 Å². The van der Waals surface area contributed by atoms with Crippen molar-refractivity contribution in [3.63, 3.8) is 0 Å². The summed E-state index contributed by atoms with van der Waals surface area (Å²) in [6, 6.07) is 6.17. The minimum absolute atomic E-state index is 0.00637. The van der Waals surface area contributed by atoms with Crippen LogP contribution in [-0.4, -0.2) is 41.3 Å². The molecule has 0 bridgehead atoms. The maximum absolute atomic E-state index is 12.0. The van der Waals surface area contributed by atoms with Crippen molar-refractivity contribution in [2.75, 3.05) is 13.2 Å². The lowest BCUT2D eigenvalue weighted by molar-refractivity contribution is 0.00932. The number of aliphatic hydroxyl groups is 2. The summed E-state index contributed by atoms with van der Waals surface area (Å²) >= 11 is 0. The third kappa shape index (κ3) is 4.43. The molecule has 5 heteroatoms. The van der Waals surface area contributed by atoms with Crippen LogP contribution in [0.3, 0.4) is 0 Å². The van der Waals surface area contributed by atoms with Crippen LogP contribution < -0.4 is 0 Å². The molecule has 1 aromatic carbocycles. The maximum atomic E-state index is 12.0. The highest BCUT2D eigenvalue weighted by atomic mass is 16.5. The lowest BCUT2D eigenvalue weighted by atomic mass is 9.86. The van der Waals surface area contributed by atoms with Gasteiger partial charge in [0.15, 0.2) is 5.78 Å². The van der Waals surface area contributed by atoms with Gasteiger partial charge in [-0.05, 0) is 12.1 Å². The lowest BCUT2D eigenvalue weighted by Gasteiger charge is -2.16. The van der Waals surface area contributed by atoms with Crippen molar-refractivity contribution in [3.8, 4) is 0 Å². The number of carbonyl (C=O) groups excluding carboxylic acids is 2. The Balaban J connectivity index is 2.72. The number of ketones is 1. The van der Waals surface area contributed by atoms with Gasteiger partial charge in [0.25, 0.3) is 0 Å². The van der Waals surface area contributed by atoms with Crippen LogP contribution >= 0.6 is 0 Å². The fraction of sp³-hybridized carbons (Fsp3) is 0.467. The first-order valence-electron chi connectivity index (χ1n) is 6.36. The zero-order valence-electron chi connectivity index (χ0n) is 11.9. The molecule has 0 aromatic heterocycles. The molecule has 0 amide bonds. The molecule has 20 heavy (non-hydrogen) atoms. The first-order chi connectivity index (χ1) is 9.25. The van der Waals surface area contributed by atoms with Crippen molar-refractivity contribution in [2.24, 2.45) is 5.41 Å². The zero-order valence-corrected chi connectivity index (χ0v) is 11.9. The number of Topliss-reactive ketones (excluding diaryl/α,β-unsaturated/α-hetero) is 1. The average Bonchev–Trinajstić information content (AvgIpc) is 2.42. The number of hydrogen-bond donors (Lipinski definition) is 2. The third-order valence-electron chi connectivity index (χ3n) is 2.68. The van der Waals surface area contributed by atoms with Crippen molar-refractivity contribution in [3.05, 3.63) is 35.4 Å². The van der Waals surface area contributed by atoms with E-state index in [1.807, 2.05) is 20.8 Å². The van der Waals surface area contributed by atoms with Crippen molar-refractivity contribution in [1.29, 1.82) is 0 Å². The van der Waals surface area contributed by atoms with Crippen molar-refractivity contribution in [1.82, 2.24) is 0 Å². The lowest BCUT2D eigenvalue weighted by Crippen LogP contribution is -2.22. The van der Waals surface area contributed by atoms with Gasteiger partial charge in [0.2, 0.25) is 0 Å². The first kappa shape index (κ1) is 16.3. The summed E-state index contributed by atoms with van der Waals surface area (Å²) in [7, 11) is 0. The average molecular weight is 280 g/mol. The van der Waals surface area contributed by atoms with Crippen LogP contribution in [0.15, 0.2) is 24.3 Å². The van der Waals surface area contributed by atoms with E-state index in [9.17, 15) is 9.59 Å². The topological polar surface area (TPSA) is 83.8 Å². The highest BCUT2D eigenvalue weighted by molar-refractivity contribution is 6.00. The molecule has 1 aromatic rings. The molecule has 1 rings (SSSR count). The zero-order chi connectivity index (χ0) is 15.3. The van der Waals surface area contributed by atoms with Crippen molar-refractivity contribution < 1.29 is 24.5 Å². The summed E-state index contributed by atoms with van der Waals surface area (Å²) in [6.45, 7) is 4.75. The third-order valence-corrected chi connectivity index (χ3v) is 2.68. The van der Waals surface area contributed by atoms with E-state index in [1.165, 1.54) is 12.1 Å². The van der Waals surface area contributed by atoms with Gasteiger partial charge in [-0.25, -0.2) is 4.79 Å². The second kappa shape index (κ2) is 6.63. The summed E-state index contributed by atoms with van der Waals surface area (Å²) in [5.41, 5.74) is 0.345. The highest BCUT2D eigenvalue weighted by Crippen LogP contribution is 2.21. The van der Waals surface area contributed by atoms with Gasteiger partial charge < -0.3 is 14.9 Å². The predicted octanol–water partition coefficient (Wildman–Crippen LogP) is 1.43. The normalized spacial score (nSPS) is 12.8. The summed E-state index contributed by atoms with van der Waals surface area (Å²) in [4.78, 5) is 23.7. The monoisotopic (exact) mass is 280 g/mol. The second-order valence-corrected chi connectivity index (χ2v) is 5.59. The number of aliphatic hydroxyl groups excluding tert-OH is 2. The van der Waals surface area contributed by atoms with E-state index in [-0.39, 0.29) is 12.4 Å². The Morgan fingerprint density at radius 3 is 2.10 bits per heavy atom. The van der Waals surface area contributed by atoms with Gasteiger partial charge >= 0.3 is 5.97 Å². The van der Waals surface area contributed by atoms with Crippen LogP contribution in [0.4, 0.5) is 0 Å². The Kier molecular flexibility index (Phi) is 5.42. The van der Waals surface area contributed by atoms with Crippen molar-refractivity contribution >= 4 is 11.8 Å². The van der Waals surface area contributed by atoms with Gasteiger partial charge in [0, 0.05) is 11.0 Å². The predicted molar refractivity (Wildman–Crippen MR) is 73.6 cm³/mol. The van der Waals surface area contributed by atoms with E-state index < -0.39 is 24.1 Å². The number of carbonyl (C=O) groups is 2. The Morgan fingerprint density at radius 1 is 1.15 bits per heavy atom. The fourth-order valence-electron chi connectivity index (χ4n) is 1.50. The molecule has 1 atom stereocenters. The standard InChI is InChI=1S/C15H20O5/c1-15(2,3)13(18)10-4-6-11(7-5-10)14(19)20-9-12(17)8-16/h4-7,12,16-17H,8-9H2,1-3H3/t12-/m1/s1. The molecule has 0 aliphatic rings. The van der Waals surface area contributed by atoms with Crippen LogP contribution in [0.2, 0.25) is 0 Å². The van der Waals surface area contributed by atoms with Crippen LogP contribution in [-0.2, 0) is 4.74 Å². The Bertz CT molecular complexity index is 470. The molecule has 0 saturated carbocycles. The van der Waals surface area contributed by atoms with Gasteiger partial charge in [0.1, 0.15) is 12.7 Å². The molecular weight excluding hydrogens is 260 g/mol.